The van der Waals surface area contributed by atoms with Crippen molar-refractivity contribution in [2.24, 2.45) is 5.41 Å². The minimum Gasteiger partial charge on any atom is -0.399 e. The van der Waals surface area contributed by atoms with E-state index in [2.05, 4.69) is 0 Å². The molecule has 0 atom stereocenters. The summed E-state index contributed by atoms with van der Waals surface area (Å²) >= 11 is 0. The highest BCUT2D eigenvalue weighted by Crippen LogP contribution is 2.31. The normalized spacial score (nSPS) is 15.7. The molecule has 3 N–H and O–H groups in total. The summed E-state index contributed by atoms with van der Waals surface area (Å²) in [5.41, 5.74) is 8.24. The van der Waals surface area contributed by atoms with Crippen molar-refractivity contribution in [1.82, 2.24) is 0 Å². The number of benzene rings is 1. The Morgan fingerprint density at radius 1 is 1.39 bits per heavy atom. The van der Waals surface area contributed by atoms with Crippen LogP contribution < -0.4 is 10.6 Å². The van der Waals surface area contributed by atoms with Crippen molar-refractivity contribution in [3.8, 4) is 0 Å². The molecule has 4 heteroatoms. The number of aryl methyl sites for hydroxylation is 1. The van der Waals surface area contributed by atoms with E-state index in [-0.39, 0.29) is 17.9 Å². The lowest BCUT2D eigenvalue weighted by molar-refractivity contribution is -0.119. The Morgan fingerprint density at radius 2 is 2.11 bits per heavy atom. The summed E-state index contributed by atoms with van der Waals surface area (Å²) in [6.45, 7) is 4.48. The van der Waals surface area contributed by atoms with E-state index < -0.39 is 0 Å². The number of rotatable bonds is 3. The van der Waals surface area contributed by atoms with E-state index in [1.165, 1.54) is 0 Å². The second-order valence-corrected chi connectivity index (χ2v) is 5.69. The quantitative estimate of drug-likeness (QED) is 0.798. The Kier molecular flexibility index (Phi) is 3.30. The highest BCUT2D eigenvalue weighted by Gasteiger charge is 2.29. The van der Waals surface area contributed by atoms with Gasteiger partial charge in [-0.2, -0.15) is 0 Å². The third-order valence-electron chi connectivity index (χ3n) is 3.32. The Labute approximate surface area is 107 Å². The summed E-state index contributed by atoms with van der Waals surface area (Å²) < 4.78 is 0. The number of fused-ring (bicyclic) bond motifs is 1. The molecule has 0 unspecified atom stereocenters. The predicted octanol–water partition coefficient (Wildman–Crippen LogP) is 1.57. The highest BCUT2D eigenvalue weighted by atomic mass is 16.3. The molecule has 1 aromatic carbocycles. The standard InChI is InChI=1S/C14H20N2O2/c1-14(2,9-17)8-16-12-5-4-11(15)7-10(12)3-6-13(16)18/h4-5,7,17H,3,6,8-9,15H2,1-2H3. The Balaban J connectivity index is 2.34. The minimum absolute atomic E-state index is 0.0566. The Hall–Kier alpha value is -1.55. The molecule has 1 aliphatic rings. The van der Waals surface area contributed by atoms with Crippen LogP contribution in [0.15, 0.2) is 18.2 Å². The van der Waals surface area contributed by atoms with E-state index in [0.29, 0.717) is 13.0 Å². The number of amides is 1. The molecule has 1 aromatic rings. The number of aliphatic hydroxyl groups is 1. The molecule has 18 heavy (non-hydrogen) atoms. The fourth-order valence-electron chi connectivity index (χ4n) is 2.23. The number of carbonyl (C=O) groups excluding carboxylic acids is 1. The molecule has 0 aliphatic carbocycles. The van der Waals surface area contributed by atoms with Crippen molar-refractivity contribution in [2.45, 2.75) is 26.7 Å². The van der Waals surface area contributed by atoms with Crippen molar-refractivity contribution in [2.75, 3.05) is 23.8 Å². The predicted molar refractivity (Wildman–Crippen MR) is 72.4 cm³/mol. The number of aliphatic hydroxyl groups excluding tert-OH is 1. The van der Waals surface area contributed by atoms with E-state index in [4.69, 9.17) is 5.73 Å². The summed E-state index contributed by atoms with van der Waals surface area (Å²) in [6, 6.07) is 5.65. The molecular formula is C14H20N2O2. The van der Waals surface area contributed by atoms with Crippen molar-refractivity contribution in [1.29, 1.82) is 0 Å². The van der Waals surface area contributed by atoms with Crippen LogP contribution in [-0.2, 0) is 11.2 Å². The lowest BCUT2D eigenvalue weighted by atomic mass is 9.91. The molecule has 0 radical (unpaired) electrons. The highest BCUT2D eigenvalue weighted by molar-refractivity contribution is 5.96. The average Bonchev–Trinajstić information content (AvgIpc) is 2.33. The minimum atomic E-state index is -0.300. The molecule has 2 rings (SSSR count). The summed E-state index contributed by atoms with van der Waals surface area (Å²) in [6.07, 6.45) is 1.26. The van der Waals surface area contributed by atoms with E-state index in [1.807, 2.05) is 32.0 Å². The number of nitrogens with zero attached hydrogens (tertiary/aromatic N) is 1. The summed E-state index contributed by atoms with van der Waals surface area (Å²) in [5, 5.41) is 9.35. The van der Waals surface area contributed by atoms with Gasteiger partial charge in [0.2, 0.25) is 5.91 Å². The Bertz CT molecular complexity index is 469. The first-order valence-electron chi connectivity index (χ1n) is 6.22. The molecule has 0 bridgehead atoms. The summed E-state index contributed by atoms with van der Waals surface area (Å²) in [5.74, 6) is 0.119. The number of hydrogen-bond donors (Lipinski definition) is 2. The van der Waals surface area contributed by atoms with Gasteiger partial charge in [0, 0.05) is 36.4 Å². The van der Waals surface area contributed by atoms with Crippen LogP contribution in [0.4, 0.5) is 11.4 Å². The SMILES string of the molecule is CC(C)(CO)CN1C(=O)CCc2cc(N)ccc21. The third-order valence-corrected chi connectivity index (χ3v) is 3.32. The second-order valence-electron chi connectivity index (χ2n) is 5.69. The van der Waals surface area contributed by atoms with Crippen LogP contribution in [0.5, 0.6) is 0 Å². The lowest BCUT2D eigenvalue weighted by Gasteiger charge is -2.35. The van der Waals surface area contributed by atoms with Crippen LogP contribution in [0.25, 0.3) is 0 Å². The third kappa shape index (κ3) is 2.48. The van der Waals surface area contributed by atoms with E-state index >= 15 is 0 Å². The van der Waals surface area contributed by atoms with Crippen molar-refractivity contribution in [3.63, 3.8) is 0 Å². The molecular weight excluding hydrogens is 228 g/mol. The number of hydrogen-bond acceptors (Lipinski definition) is 3. The van der Waals surface area contributed by atoms with Crippen LogP contribution in [0.2, 0.25) is 0 Å². The summed E-state index contributed by atoms with van der Waals surface area (Å²) in [4.78, 5) is 13.8. The van der Waals surface area contributed by atoms with Crippen LogP contribution >= 0.6 is 0 Å². The molecule has 1 aliphatic heterocycles. The van der Waals surface area contributed by atoms with E-state index in [9.17, 15) is 9.90 Å². The second kappa shape index (κ2) is 4.61. The smallest absolute Gasteiger partial charge is 0.227 e. The van der Waals surface area contributed by atoms with E-state index in [0.717, 1.165) is 23.4 Å². The van der Waals surface area contributed by atoms with Crippen molar-refractivity contribution in [3.05, 3.63) is 23.8 Å². The van der Waals surface area contributed by atoms with Gasteiger partial charge in [-0.3, -0.25) is 4.79 Å². The molecule has 98 valence electrons. The largest absolute Gasteiger partial charge is 0.399 e. The topological polar surface area (TPSA) is 66.6 Å². The molecule has 0 aromatic heterocycles. The van der Waals surface area contributed by atoms with Crippen LogP contribution in [0.1, 0.15) is 25.8 Å². The van der Waals surface area contributed by atoms with Crippen molar-refractivity contribution >= 4 is 17.3 Å². The molecule has 0 saturated carbocycles. The molecule has 4 nitrogen and oxygen atoms in total. The van der Waals surface area contributed by atoms with Crippen LogP contribution in [-0.4, -0.2) is 24.2 Å². The van der Waals surface area contributed by atoms with Gasteiger partial charge in [0.25, 0.3) is 0 Å². The first kappa shape index (κ1) is 12.9. The maximum absolute atomic E-state index is 12.0. The van der Waals surface area contributed by atoms with Crippen LogP contribution in [0, 0.1) is 5.41 Å². The van der Waals surface area contributed by atoms with Gasteiger partial charge in [-0.05, 0) is 30.2 Å². The number of nitrogens with two attached hydrogens (primary N) is 1. The van der Waals surface area contributed by atoms with Gasteiger partial charge in [0.05, 0.1) is 0 Å². The Morgan fingerprint density at radius 3 is 2.78 bits per heavy atom. The molecule has 1 heterocycles. The summed E-state index contributed by atoms with van der Waals surface area (Å²) in [7, 11) is 0. The molecule has 0 fully saturated rings. The zero-order valence-corrected chi connectivity index (χ0v) is 10.9. The molecule has 0 spiro atoms. The first-order valence-corrected chi connectivity index (χ1v) is 6.22. The van der Waals surface area contributed by atoms with Gasteiger partial charge in [-0.15, -0.1) is 0 Å². The van der Waals surface area contributed by atoms with Gasteiger partial charge in [-0.1, -0.05) is 13.8 Å². The van der Waals surface area contributed by atoms with Gasteiger partial charge in [0.15, 0.2) is 0 Å². The fourth-order valence-corrected chi connectivity index (χ4v) is 2.23. The lowest BCUT2D eigenvalue weighted by Crippen LogP contribution is -2.43. The monoisotopic (exact) mass is 248 g/mol. The fraction of sp³-hybridized carbons (Fsp3) is 0.500. The molecule has 1 amide bonds. The van der Waals surface area contributed by atoms with Gasteiger partial charge in [0.1, 0.15) is 0 Å². The van der Waals surface area contributed by atoms with Gasteiger partial charge >= 0.3 is 0 Å². The number of nitrogen functional groups attached to an aromatic ring is 1. The van der Waals surface area contributed by atoms with Gasteiger partial charge < -0.3 is 15.7 Å². The van der Waals surface area contributed by atoms with E-state index in [1.54, 1.807) is 4.90 Å². The number of carbonyl (C=O) groups is 1. The van der Waals surface area contributed by atoms with Crippen LogP contribution in [0.3, 0.4) is 0 Å². The maximum Gasteiger partial charge on any atom is 0.227 e. The zero-order chi connectivity index (χ0) is 13.3. The molecule has 0 saturated heterocycles. The average molecular weight is 248 g/mol. The zero-order valence-electron chi connectivity index (χ0n) is 10.9. The first-order chi connectivity index (χ1) is 8.43. The van der Waals surface area contributed by atoms with Crippen molar-refractivity contribution < 1.29 is 9.90 Å². The maximum atomic E-state index is 12.0. The van der Waals surface area contributed by atoms with Gasteiger partial charge in [-0.25, -0.2) is 0 Å². The number of anilines is 2.